The van der Waals surface area contributed by atoms with Gasteiger partial charge in [0.25, 0.3) is 5.91 Å². The van der Waals surface area contributed by atoms with Crippen molar-refractivity contribution >= 4 is 5.91 Å². The van der Waals surface area contributed by atoms with Gasteiger partial charge in [-0.1, -0.05) is 5.11 Å². The molecule has 0 fully saturated rings. The Bertz CT molecular complexity index is 278. The minimum absolute atomic E-state index is 0.164. The number of nitrogens with zero attached hydrogens (tertiary/aromatic N) is 3. The Labute approximate surface area is 88.4 Å². The number of hydrogen-bond acceptors (Lipinski definition) is 2. The lowest BCUT2D eigenvalue weighted by molar-refractivity contribution is -0.169. The maximum Gasteiger partial charge on any atom is 0.383 e. The highest BCUT2D eigenvalue weighted by molar-refractivity contribution is 5.83. The van der Waals surface area contributed by atoms with Gasteiger partial charge in [-0.25, -0.2) is 8.78 Å². The highest BCUT2D eigenvalue weighted by Crippen LogP contribution is 2.22. The van der Waals surface area contributed by atoms with E-state index < -0.39 is 18.3 Å². The predicted molar refractivity (Wildman–Crippen MR) is 47.2 cm³/mol. The predicted octanol–water partition coefficient (Wildman–Crippen LogP) is 2.09. The maximum absolute atomic E-state index is 12.3. The Morgan fingerprint density at radius 2 is 2.06 bits per heavy atom. The average Bonchev–Trinajstić information content (AvgIpc) is 2.22. The first-order valence-electron chi connectivity index (χ1n) is 4.38. The van der Waals surface area contributed by atoms with Crippen LogP contribution in [0.3, 0.4) is 0 Å². The van der Waals surface area contributed by atoms with E-state index in [1.165, 1.54) is 0 Å². The van der Waals surface area contributed by atoms with Crippen molar-refractivity contribution in [3.05, 3.63) is 10.4 Å². The van der Waals surface area contributed by atoms with Gasteiger partial charge in [-0.05, 0) is 18.4 Å². The van der Waals surface area contributed by atoms with Crippen molar-refractivity contribution in [1.82, 2.24) is 5.32 Å². The Balaban J connectivity index is 3.77. The van der Waals surface area contributed by atoms with Crippen LogP contribution >= 0.6 is 0 Å². The third-order valence-electron chi connectivity index (χ3n) is 1.61. The standard InChI is InChI=1S/C7H10F4N4O/c8-5(9)7(10,11)6(16)13-3-1-2-4-14-15-12/h5H,1-4H2,(H,13,16). The fourth-order valence-corrected chi connectivity index (χ4v) is 0.771. The molecule has 16 heavy (non-hydrogen) atoms. The minimum Gasteiger partial charge on any atom is -0.351 e. The van der Waals surface area contributed by atoms with Crippen LogP contribution in [0.4, 0.5) is 17.6 Å². The van der Waals surface area contributed by atoms with Crippen molar-refractivity contribution < 1.29 is 22.4 Å². The van der Waals surface area contributed by atoms with Gasteiger partial charge in [-0.3, -0.25) is 4.79 Å². The van der Waals surface area contributed by atoms with Crippen molar-refractivity contribution in [3.63, 3.8) is 0 Å². The number of hydrogen-bond donors (Lipinski definition) is 1. The Kier molecular flexibility index (Phi) is 6.24. The lowest BCUT2D eigenvalue weighted by atomic mass is 10.3. The van der Waals surface area contributed by atoms with E-state index in [-0.39, 0.29) is 19.5 Å². The summed E-state index contributed by atoms with van der Waals surface area (Å²) in [4.78, 5) is 13.0. The van der Waals surface area contributed by atoms with Gasteiger partial charge in [0, 0.05) is 18.0 Å². The molecule has 0 aromatic carbocycles. The summed E-state index contributed by atoms with van der Waals surface area (Å²) in [5.74, 6) is -6.66. The molecule has 0 aliphatic heterocycles. The van der Waals surface area contributed by atoms with E-state index in [0.717, 1.165) is 0 Å². The summed E-state index contributed by atoms with van der Waals surface area (Å²) in [6.45, 7) is -0.000295. The molecule has 0 unspecified atom stereocenters. The van der Waals surface area contributed by atoms with E-state index in [1.54, 1.807) is 5.32 Å². The average molecular weight is 242 g/mol. The molecule has 0 aliphatic rings. The Morgan fingerprint density at radius 1 is 1.44 bits per heavy atom. The van der Waals surface area contributed by atoms with Gasteiger partial charge in [-0.2, -0.15) is 8.78 Å². The van der Waals surface area contributed by atoms with Gasteiger partial charge in [0.15, 0.2) is 0 Å². The lowest BCUT2D eigenvalue weighted by Crippen LogP contribution is -2.45. The van der Waals surface area contributed by atoms with Crippen LogP contribution < -0.4 is 5.32 Å². The van der Waals surface area contributed by atoms with Crippen LogP contribution in [0, 0.1) is 0 Å². The van der Waals surface area contributed by atoms with E-state index in [9.17, 15) is 22.4 Å². The Hall–Kier alpha value is -1.50. The number of carbonyl (C=O) groups is 1. The van der Waals surface area contributed by atoms with Gasteiger partial charge >= 0.3 is 12.3 Å². The maximum atomic E-state index is 12.3. The molecule has 0 bridgehead atoms. The molecule has 5 nitrogen and oxygen atoms in total. The largest absolute Gasteiger partial charge is 0.383 e. The molecule has 0 saturated heterocycles. The molecule has 0 aliphatic carbocycles. The van der Waals surface area contributed by atoms with Crippen LogP contribution in [0.2, 0.25) is 0 Å². The zero-order chi connectivity index (χ0) is 12.6. The molecule has 92 valence electrons. The highest BCUT2D eigenvalue weighted by atomic mass is 19.3. The summed E-state index contributed by atoms with van der Waals surface area (Å²) >= 11 is 0. The van der Waals surface area contributed by atoms with E-state index in [4.69, 9.17) is 5.53 Å². The Morgan fingerprint density at radius 3 is 2.56 bits per heavy atom. The number of carbonyl (C=O) groups excluding carboxylic acids is 1. The van der Waals surface area contributed by atoms with Crippen molar-refractivity contribution in [2.75, 3.05) is 13.1 Å². The number of nitrogens with one attached hydrogen (secondary N) is 1. The normalized spacial score (nSPS) is 11.1. The summed E-state index contributed by atoms with van der Waals surface area (Å²) in [6, 6.07) is 0. The molecule has 0 spiro atoms. The molecule has 0 aromatic rings. The fraction of sp³-hybridized carbons (Fsp3) is 0.857. The molecule has 0 rings (SSSR count). The smallest absolute Gasteiger partial charge is 0.351 e. The number of rotatable bonds is 7. The zero-order valence-electron chi connectivity index (χ0n) is 8.17. The summed E-state index contributed by atoms with van der Waals surface area (Å²) in [5, 5.41) is 4.84. The van der Waals surface area contributed by atoms with E-state index in [2.05, 4.69) is 10.0 Å². The molecular weight excluding hydrogens is 232 g/mol. The van der Waals surface area contributed by atoms with Gasteiger partial charge in [0.2, 0.25) is 0 Å². The van der Waals surface area contributed by atoms with Gasteiger partial charge in [-0.15, -0.1) is 0 Å². The van der Waals surface area contributed by atoms with Gasteiger partial charge in [0.1, 0.15) is 0 Å². The molecular formula is C7H10F4N4O. The van der Waals surface area contributed by atoms with Crippen LogP contribution in [0.5, 0.6) is 0 Å². The third-order valence-corrected chi connectivity index (χ3v) is 1.61. The van der Waals surface area contributed by atoms with Gasteiger partial charge < -0.3 is 5.32 Å². The molecule has 1 amide bonds. The SMILES string of the molecule is [N-]=[N+]=NCCCCNC(=O)C(F)(F)C(F)F. The molecule has 0 saturated carbocycles. The zero-order valence-corrected chi connectivity index (χ0v) is 8.17. The van der Waals surface area contributed by atoms with E-state index >= 15 is 0 Å². The first-order chi connectivity index (χ1) is 7.42. The molecule has 0 aromatic heterocycles. The number of amides is 1. The second-order valence-electron chi connectivity index (χ2n) is 2.84. The molecule has 0 atom stereocenters. The lowest BCUT2D eigenvalue weighted by Gasteiger charge is -2.14. The van der Waals surface area contributed by atoms with Crippen LogP contribution in [0.25, 0.3) is 10.4 Å². The van der Waals surface area contributed by atoms with E-state index in [1.807, 2.05) is 0 Å². The summed E-state index contributed by atoms with van der Waals surface area (Å²) in [5.41, 5.74) is 7.88. The molecule has 1 N–H and O–H groups in total. The molecule has 0 radical (unpaired) electrons. The summed E-state index contributed by atoms with van der Waals surface area (Å²) in [7, 11) is 0. The van der Waals surface area contributed by atoms with Crippen molar-refractivity contribution in [2.45, 2.75) is 25.2 Å². The first-order valence-corrected chi connectivity index (χ1v) is 4.38. The topological polar surface area (TPSA) is 77.9 Å². The van der Waals surface area contributed by atoms with Crippen molar-refractivity contribution in [2.24, 2.45) is 5.11 Å². The van der Waals surface area contributed by atoms with Crippen LogP contribution in [-0.4, -0.2) is 31.3 Å². The van der Waals surface area contributed by atoms with Crippen LogP contribution in [-0.2, 0) is 4.79 Å². The number of halogens is 4. The summed E-state index contributed by atoms with van der Waals surface area (Å²) < 4.78 is 48.0. The van der Waals surface area contributed by atoms with Crippen LogP contribution in [0.1, 0.15) is 12.8 Å². The number of azide groups is 1. The second kappa shape index (κ2) is 6.89. The fourth-order valence-electron chi connectivity index (χ4n) is 0.771. The quantitative estimate of drug-likeness (QED) is 0.239. The second-order valence-corrected chi connectivity index (χ2v) is 2.84. The minimum atomic E-state index is -4.66. The van der Waals surface area contributed by atoms with Crippen molar-refractivity contribution in [3.8, 4) is 0 Å². The number of unbranched alkanes of at least 4 members (excludes halogenated alkanes) is 1. The first kappa shape index (κ1) is 14.5. The number of alkyl halides is 4. The van der Waals surface area contributed by atoms with Crippen LogP contribution in [0.15, 0.2) is 5.11 Å². The highest BCUT2D eigenvalue weighted by Gasteiger charge is 2.48. The molecule has 0 heterocycles. The van der Waals surface area contributed by atoms with Crippen molar-refractivity contribution in [1.29, 1.82) is 0 Å². The third kappa shape index (κ3) is 4.83. The summed E-state index contributed by atoms with van der Waals surface area (Å²) in [6.07, 6.45) is -3.37. The molecule has 9 heteroatoms. The van der Waals surface area contributed by atoms with Gasteiger partial charge in [0.05, 0.1) is 0 Å². The van der Waals surface area contributed by atoms with E-state index in [0.29, 0.717) is 6.42 Å². The monoisotopic (exact) mass is 242 g/mol.